The summed E-state index contributed by atoms with van der Waals surface area (Å²) in [5.41, 5.74) is 14.3. The van der Waals surface area contributed by atoms with Crippen molar-refractivity contribution < 1.29 is 9.18 Å². The maximum Gasteiger partial charge on any atom is 0.254 e. The van der Waals surface area contributed by atoms with Crippen LogP contribution in [0, 0.1) is 18.7 Å². The third-order valence-electron chi connectivity index (χ3n) is 4.48. The molecule has 1 aliphatic carbocycles. The van der Waals surface area contributed by atoms with Crippen molar-refractivity contribution in [3.8, 4) is 5.69 Å². The number of aromatic nitrogens is 2. The number of hydrogen-bond acceptors (Lipinski definition) is 3. The number of aryl methyl sites for hydroxylation is 1. The van der Waals surface area contributed by atoms with Gasteiger partial charge < -0.3 is 11.5 Å². The third-order valence-corrected chi connectivity index (χ3v) is 4.48. The summed E-state index contributed by atoms with van der Waals surface area (Å²) in [5.74, 6) is -0.647. The molecule has 0 radical (unpaired) electrons. The van der Waals surface area contributed by atoms with Gasteiger partial charge in [-0.1, -0.05) is 0 Å². The van der Waals surface area contributed by atoms with Gasteiger partial charge >= 0.3 is 0 Å². The van der Waals surface area contributed by atoms with Gasteiger partial charge in [0.15, 0.2) is 0 Å². The molecule has 6 nitrogen and oxygen atoms in total. The molecule has 0 saturated heterocycles. The molecule has 1 aliphatic rings. The molecular weight excluding hydrogens is 333 g/mol. The predicted molar refractivity (Wildman–Crippen MR) is 98.3 cm³/mol. The van der Waals surface area contributed by atoms with E-state index < -0.39 is 5.92 Å². The third kappa shape index (κ3) is 3.99. The van der Waals surface area contributed by atoms with Crippen LogP contribution in [0.4, 0.5) is 4.39 Å². The van der Waals surface area contributed by atoms with Crippen molar-refractivity contribution in [3.05, 3.63) is 59.3 Å². The number of rotatable bonds is 5. The van der Waals surface area contributed by atoms with Crippen LogP contribution < -0.4 is 11.5 Å². The van der Waals surface area contributed by atoms with E-state index in [1.54, 1.807) is 49.1 Å². The Morgan fingerprint density at radius 3 is 2.81 bits per heavy atom. The quantitative estimate of drug-likeness (QED) is 0.636. The monoisotopic (exact) mass is 355 g/mol. The Kier molecular flexibility index (Phi) is 4.88. The van der Waals surface area contributed by atoms with E-state index in [-0.39, 0.29) is 17.6 Å². The second kappa shape index (κ2) is 7.11. The lowest BCUT2D eigenvalue weighted by Gasteiger charge is -2.05. The first kappa shape index (κ1) is 17.8. The predicted octanol–water partition coefficient (Wildman–Crippen LogP) is 2.56. The molecule has 7 heteroatoms. The first-order chi connectivity index (χ1) is 12.3. The molecule has 0 bridgehead atoms. The van der Waals surface area contributed by atoms with Gasteiger partial charge in [-0.2, -0.15) is 10.1 Å². The zero-order valence-electron chi connectivity index (χ0n) is 14.8. The summed E-state index contributed by atoms with van der Waals surface area (Å²) >= 11 is 0. The van der Waals surface area contributed by atoms with Crippen molar-refractivity contribution in [1.29, 1.82) is 0 Å². The molecule has 1 atom stereocenters. The first-order valence-electron chi connectivity index (χ1n) is 8.51. The summed E-state index contributed by atoms with van der Waals surface area (Å²) in [6.07, 6.45) is 7.01. The van der Waals surface area contributed by atoms with Crippen molar-refractivity contribution >= 4 is 11.7 Å². The van der Waals surface area contributed by atoms with Crippen LogP contribution in [0.1, 0.15) is 36.8 Å². The number of amidine groups is 1. The molecule has 1 unspecified atom stereocenters. The highest BCUT2D eigenvalue weighted by Gasteiger charge is 2.24. The number of benzene rings is 1. The average molecular weight is 355 g/mol. The maximum absolute atomic E-state index is 13.4. The van der Waals surface area contributed by atoms with Crippen LogP contribution in [0.5, 0.6) is 0 Å². The van der Waals surface area contributed by atoms with Gasteiger partial charge in [0.1, 0.15) is 11.7 Å². The van der Waals surface area contributed by atoms with Crippen LogP contribution in [0.15, 0.2) is 47.4 Å². The summed E-state index contributed by atoms with van der Waals surface area (Å²) in [5, 5.41) is 4.25. The molecule has 3 rings (SSSR count). The van der Waals surface area contributed by atoms with Crippen molar-refractivity contribution in [2.45, 2.75) is 32.6 Å². The average Bonchev–Trinajstić information content (AvgIpc) is 3.34. The van der Waals surface area contributed by atoms with Gasteiger partial charge in [0.25, 0.3) is 5.91 Å². The fraction of sp³-hybridized carbons (Fsp3) is 0.316. The standard InChI is InChI=1S/C19H22FN5O/c1-11-7-15(5-6-16(11)20)25-10-14(9-23-25)12(2)19(26)24-18(22)8-17(21)13-3-4-13/h5-10,12-13H,3-4,21H2,1-2H3,(H2,22,24,26)/b17-8-. The number of carbonyl (C=O) groups excluding carboxylic acids is 1. The van der Waals surface area contributed by atoms with E-state index in [2.05, 4.69) is 10.1 Å². The second-order valence-corrected chi connectivity index (χ2v) is 6.67. The zero-order valence-corrected chi connectivity index (χ0v) is 14.8. The molecule has 1 saturated carbocycles. The lowest BCUT2D eigenvalue weighted by atomic mass is 10.1. The Morgan fingerprint density at radius 1 is 1.42 bits per heavy atom. The van der Waals surface area contributed by atoms with Gasteiger partial charge in [0, 0.05) is 17.5 Å². The van der Waals surface area contributed by atoms with Gasteiger partial charge in [0.05, 0.1) is 17.8 Å². The van der Waals surface area contributed by atoms with Gasteiger partial charge in [-0.3, -0.25) is 4.79 Å². The minimum atomic E-state index is -0.501. The molecule has 2 aromatic rings. The minimum absolute atomic E-state index is 0.118. The Bertz CT molecular complexity index is 895. The van der Waals surface area contributed by atoms with Crippen LogP contribution in [0.3, 0.4) is 0 Å². The highest BCUT2D eigenvalue weighted by atomic mass is 19.1. The zero-order chi connectivity index (χ0) is 18.8. The molecule has 0 aliphatic heterocycles. The summed E-state index contributed by atoms with van der Waals surface area (Å²) < 4.78 is 15.0. The number of halogens is 1. The smallest absolute Gasteiger partial charge is 0.254 e. The number of amides is 1. The highest BCUT2D eigenvalue weighted by molar-refractivity contribution is 6.02. The van der Waals surface area contributed by atoms with Crippen LogP contribution in [0.25, 0.3) is 5.69 Å². The Balaban J connectivity index is 1.74. The van der Waals surface area contributed by atoms with Crippen LogP contribution >= 0.6 is 0 Å². The number of carbonyl (C=O) groups is 1. The number of nitrogens with zero attached hydrogens (tertiary/aromatic N) is 3. The van der Waals surface area contributed by atoms with E-state index >= 15 is 0 Å². The lowest BCUT2D eigenvalue weighted by Crippen LogP contribution is -2.17. The minimum Gasteiger partial charge on any atom is -0.402 e. The number of nitrogens with two attached hydrogens (primary N) is 2. The van der Waals surface area contributed by atoms with Crippen molar-refractivity contribution in [2.75, 3.05) is 0 Å². The largest absolute Gasteiger partial charge is 0.402 e. The molecule has 1 aromatic heterocycles. The van der Waals surface area contributed by atoms with E-state index in [4.69, 9.17) is 11.5 Å². The maximum atomic E-state index is 13.4. The fourth-order valence-electron chi connectivity index (χ4n) is 2.58. The molecule has 1 fully saturated rings. The van der Waals surface area contributed by atoms with Crippen LogP contribution in [-0.4, -0.2) is 21.5 Å². The number of hydrogen-bond donors (Lipinski definition) is 2. The Labute approximate surface area is 151 Å². The summed E-state index contributed by atoms with van der Waals surface area (Å²) in [4.78, 5) is 16.3. The molecule has 4 N–H and O–H groups in total. The number of allylic oxidation sites excluding steroid dienone is 1. The molecule has 1 aromatic carbocycles. The molecule has 1 heterocycles. The summed E-state index contributed by atoms with van der Waals surface area (Å²) in [6.45, 7) is 3.43. The van der Waals surface area contributed by atoms with Crippen LogP contribution in [0.2, 0.25) is 0 Å². The lowest BCUT2D eigenvalue weighted by molar-refractivity contribution is -0.118. The van der Waals surface area contributed by atoms with E-state index in [0.717, 1.165) is 18.5 Å². The van der Waals surface area contributed by atoms with Gasteiger partial charge in [0.2, 0.25) is 0 Å². The Hall–Kier alpha value is -2.96. The van der Waals surface area contributed by atoms with Crippen molar-refractivity contribution in [3.63, 3.8) is 0 Å². The van der Waals surface area contributed by atoms with Crippen molar-refractivity contribution in [1.82, 2.24) is 9.78 Å². The Morgan fingerprint density at radius 2 is 2.15 bits per heavy atom. The van der Waals surface area contributed by atoms with Crippen molar-refractivity contribution in [2.24, 2.45) is 22.4 Å². The van der Waals surface area contributed by atoms with Crippen LogP contribution in [-0.2, 0) is 4.79 Å². The van der Waals surface area contributed by atoms with E-state index in [9.17, 15) is 9.18 Å². The van der Waals surface area contributed by atoms with Gasteiger partial charge in [-0.05, 0) is 62.4 Å². The van der Waals surface area contributed by atoms with E-state index in [0.29, 0.717) is 22.7 Å². The number of aliphatic imine (C=N–C) groups is 1. The van der Waals surface area contributed by atoms with Gasteiger partial charge in [-0.15, -0.1) is 0 Å². The van der Waals surface area contributed by atoms with E-state index in [1.807, 2.05) is 0 Å². The van der Waals surface area contributed by atoms with E-state index in [1.165, 1.54) is 6.07 Å². The molecular formula is C19H22FN5O. The topological polar surface area (TPSA) is 99.3 Å². The normalized spacial score (nSPS) is 16.6. The SMILES string of the molecule is Cc1cc(-n2cc(C(C)C(=O)N=C(N)/C=C(\N)C3CC3)cn2)ccc1F. The molecule has 0 spiro atoms. The summed E-state index contributed by atoms with van der Waals surface area (Å²) in [7, 11) is 0. The second-order valence-electron chi connectivity index (χ2n) is 6.67. The fourth-order valence-corrected chi connectivity index (χ4v) is 2.58. The highest BCUT2D eigenvalue weighted by Crippen LogP contribution is 2.33. The molecule has 26 heavy (non-hydrogen) atoms. The molecule has 1 amide bonds. The van der Waals surface area contributed by atoms with Gasteiger partial charge in [-0.25, -0.2) is 9.07 Å². The summed E-state index contributed by atoms with van der Waals surface area (Å²) in [6, 6.07) is 4.72. The molecule has 136 valence electrons. The first-order valence-corrected chi connectivity index (χ1v) is 8.51.